The maximum absolute atomic E-state index is 4.94. The average molecular weight is 141 g/mol. The van der Waals surface area contributed by atoms with Crippen LogP contribution in [0.3, 0.4) is 0 Å². The minimum atomic E-state index is 0.843. The van der Waals surface area contributed by atoms with Crippen molar-refractivity contribution in [1.82, 2.24) is 4.98 Å². The molecule has 9 heavy (non-hydrogen) atoms. The van der Waals surface area contributed by atoms with Crippen LogP contribution in [-0.2, 0) is 0 Å². The topological polar surface area (TPSA) is 22.1 Å². The van der Waals surface area contributed by atoms with Gasteiger partial charge in [0.2, 0.25) is 0 Å². The zero-order valence-electron chi connectivity index (χ0n) is 5.16. The summed E-state index contributed by atoms with van der Waals surface area (Å²) in [7, 11) is 4.14. The second-order valence-electron chi connectivity index (χ2n) is 1.62. The highest BCUT2D eigenvalue weighted by Crippen LogP contribution is 2.04. The summed E-state index contributed by atoms with van der Waals surface area (Å²) in [6.07, 6.45) is 1.71. The van der Waals surface area contributed by atoms with E-state index >= 15 is 0 Å². The third-order valence-electron chi connectivity index (χ3n) is 0.988. The number of aromatic nitrogens is 1. The summed E-state index contributed by atoms with van der Waals surface area (Å²) in [6.45, 7) is 0. The van der Waals surface area contributed by atoms with E-state index in [1.165, 1.54) is 0 Å². The van der Waals surface area contributed by atoms with Gasteiger partial charge >= 0.3 is 0 Å². The third kappa shape index (κ3) is 1.65. The number of hydrogen-bond donors (Lipinski definition) is 0. The van der Waals surface area contributed by atoms with Crippen LogP contribution in [0.1, 0.15) is 0 Å². The van der Waals surface area contributed by atoms with E-state index in [-0.39, 0.29) is 0 Å². The predicted octanol–water partition coefficient (Wildman–Crippen LogP) is 0.591. The van der Waals surface area contributed by atoms with Gasteiger partial charge in [-0.25, -0.2) is 0 Å². The van der Waals surface area contributed by atoms with E-state index in [1.807, 2.05) is 12.1 Å². The fourth-order valence-electron chi connectivity index (χ4n) is 0.555. The summed E-state index contributed by atoms with van der Waals surface area (Å²) in [5, 5.41) is 0. The van der Waals surface area contributed by atoms with Crippen molar-refractivity contribution in [2.75, 3.05) is 7.11 Å². The zero-order valence-corrected chi connectivity index (χ0v) is 6.32. The lowest BCUT2D eigenvalue weighted by molar-refractivity contribution is 0.414. The van der Waals surface area contributed by atoms with Crippen molar-refractivity contribution in [3.63, 3.8) is 0 Å². The number of nitrogens with zero attached hydrogens (tertiary/aromatic N) is 1. The molecule has 0 amide bonds. The van der Waals surface area contributed by atoms with Crippen molar-refractivity contribution in [3.05, 3.63) is 18.3 Å². The SMILES string of the molecule is COc1ccnc(P)c1. The Labute approximate surface area is 56.5 Å². The first-order valence-electron chi connectivity index (χ1n) is 2.58. The van der Waals surface area contributed by atoms with Gasteiger partial charge in [-0.2, -0.15) is 0 Å². The first-order chi connectivity index (χ1) is 4.33. The van der Waals surface area contributed by atoms with Crippen LogP contribution < -0.4 is 10.2 Å². The summed E-state index contributed by atoms with van der Waals surface area (Å²) < 4.78 is 4.94. The molecule has 0 aliphatic heterocycles. The summed E-state index contributed by atoms with van der Waals surface area (Å²) in [4.78, 5) is 3.97. The Morgan fingerprint density at radius 2 is 2.44 bits per heavy atom. The van der Waals surface area contributed by atoms with Gasteiger partial charge in [0.25, 0.3) is 0 Å². The summed E-state index contributed by atoms with van der Waals surface area (Å²) in [5.41, 5.74) is 0.898. The molecule has 1 aromatic rings. The first kappa shape index (κ1) is 6.50. The van der Waals surface area contributed by atoms with E-state index in [2.05, 4.69) is 14.2 Å². The lowest BCUT2D eigenvalue weighted by Crippen LogP contribution is -1.96. The van der Waals surface area contributed by atoms with Crippen LogP contribution in [-0.4, -0.2) is 12.1 Å². The third-order valence-corrected chi connectivity index (χ3v) is 1.30. The number of hydrogen-bond acceptors (Lipinski definition) is 2. The van der Waals surface area contributed by atoms with Gasteiger partial charge in [0.05, 0.1) is 12.5 Å². The second-order valence-corrected chi connectivity index (χ2v) is 2.21. The molecule has 0 saturated carbocycles. The highest BCUT2D eigenvalue weighted by atomic mass is 31.0. The van der Waals surface area contributed by atoms with Crippen LogP contribution in [0.15, 0.2) is 18.3 Å². The van der Waals surface area contributed by atoms with Gasteiger partial charge in [0, 0.05) is 12.3 Å². The summed E-state index contributed by atoms with van der Waals surface area (Å²) >= 11 is 0. The fourth-order valence-corrected chi connectivity index (χ4v) is 0.805. The second kappa shape index (κ2) is 2.79. The van der Waals surface area contributed by atoms with Crippen LogP contribution in [0.4, 0.5) is 0 Å². The van der Waals surface area contributed by atoms with Crippen molar-refractivity contribution in [1.29, 1.82) is 0 Å². The molecule has 0 aromatic carbocycles. The number of ether oxygens (including phenoxy) is 1. The Bertz CT molecular complexity index is 202. The van der Waals surface area contributed by atoms with Gasteiger partial charge in [-0.15, -0.1) is 0 Å². The molecule has 1 aromatic heterocycles. The number of pyridine rings is 1. The van der Waals surface area contributed by atoms with E-state index in [9.17, 15) is 0 Å². The van der Waals surface area contributed by atoms with Crippen LogP contribution in [0.2, 0.25) is 0 Å². The van der Waals surface area contributed by atoms with Gasteiger partial charge < -0.3 is 4.74 Å². The largest absolute Gasteiger partial charge is 0.497 e. The molecule has 0 fully saturated rings. The molecule has 1 unspecified atom stereocenters. The predicted molar refractivity (Wildman–Crippen MR) is 40.1 cm³/mol. The maximum atomic E-state index is 4.94. The molecule has 1 rings (SSSR count). The maximum Gasteiger partial charge on any atom is 0.122 e. The van der Waals surface area contributed by atoms with Crippen LogP contribution >= 0.6 is 9.24 Å². The van der Waals surface area contributed by atoms with E-state index in [0.29, 0.717) is 0 Å². The van der Waals surface area contributed by atoms with Crippen molar-refractivity contribution >= 4 is 14.7 Å². The van der Waals surface area contributed by atoms with Gasteiger partial charge in [0.15, 0.2) is 0 Å². The highest BCUT2D eigenvalue weighted by molar-refractivity contribution is 7.26. The Morgan fingerprint density at radius 1 is 1.67 bits per heavy atom. The van der Waals surface area contributed by atoms with Crippen molar-refractivity contribution in [2.45, 2.75) is 0 Å². The van der Waals surface area contributed by atoms with E-state index < -0.39 is 0 Å². The molecule has 0 aliphatic carbocycles. The minimum absolute atomic E-state index is 0.843. The van der Waals surface area contributed by atoms with Crippen molar-refractivity contribution in [3.8, 4) is 5.75 Å². The molecule has 1 atom stereocenters. The quantitative estimate of drug-likeness (QED) is 0.534. The molecule has 0 radical (unpaired) electrons. The Balaban J connectivity index is 2.94. The summed E-state index contributed by atoms with van der Waals surface area (Å²) in [6, 6.07) is 3.66. The molecule has 48 valence electrons. The van der Waals surface area contributed by atoms with E-state index in [1.54, 1.807) is 13.3 Å². The molecule has 1 heterocycles. The monoisotopic (exact) mass is 141 g/mol. The lowest BCUT2D eigenvalue weighted by Gasteiger charge is -1.97. The standard InChI is InChI=1S/C6H8NOP/c1-8-5-2-3-7-6(9)4-5/h2-4H,9H2,1H3. The molecule has 0 aliphatic rings. The summed E-state index contributed by atoms with van der Waals surface area (Å²) in [5.74, 6) is 0.843. The van der Waals surface area contributed by atoms with Gasteiger partial charge in [0.1, 0.15) is 5.75 Å². The van der Waals surface area contributed by atoms with E-state index in [4.69, 9.17) is 4.74 Å². The molecular formula is C6H8NOP. The minimum Gasteiger partial charge on any atom is -0.497 e. The molecule has 0 spiro atoms. The van der Waals surface area contributed by atoms with Gasteiger partial charge in [-0.3, -0.25) is 4.98 Å². The smallest absolute Gasteiger partial charge is 0.122 e. The molecule has 0 saturated heterocycles. The molecular weight excluding hydrogens is 133 g/mol. The Kier molecular flexibility index (Phi) is 2.01. The van der Waals surface area contributed by atoms with Crippen LogP contribution in [0.25, 0.3) is 0 Å². The van der Waals surface area contributed by atoms with Gasteiger partial charge in [-0.05, 0) is 6.07 Å². The van der Waals surface area contributed by atoms with Crippen LogP contribution in [0, 0.1) is 0 Å². The average Bonchev–Trinajstić information content (AvgIpc) is 1.88. The molecule has 3 heteroatoms. The Hall–Kier alpha value is -0.620. The number of methoxy groups -OCH3 is 1. The molecule has 2 nitrogen and oxygen atoms in total. The lowest BCUT2D eigenvalue weighted by atomic mass is 10.5. The van der Waals surface area contributed by atoms with Crippen LogP contribution in [0.5, 0.6) is 5.75 Å². The first-order valence-corrected chi connectivity index (χ1v) is 3.16. The number of rotatable bonds is 1. The zero-order chi connectivity index (χ0) is 6.69. The fraction of sp³-hybridized carbons (Fsp3) is 0.167. The van der Waals surface area contributed by atoms with E-state index in [0.717, 1.165) is 11.2 Å². The molecule has 0 N–H and O–H groups in total. The van der Waals surface area contributed by atoms with Crippen molar-refractivity contribution < 1.29 is 4.74 Å². The Morgan fingerprint density at radius 3 is 2.89 bits per heavy atom. The molecule has 0 bridgehead atoms. The van der Waals surface area contributed by atoms with Gasteiger partial charge in [-0.1, -0.05) is 9.24 Å². The normalized spacial score (nSPS) is 9.11. The highest BCUT2D eigenvalue weighted by Gasteiger charge is 1.88. The van der Waals surface area contributed by atoms with Crippen molar-refractivity contribution in [2.24, 2.45) is 0 Å².